The lowest BCUT2D eigenvalue weighted by Gasteiger charge is -2.32. The van der Waals surface area contributed by atoms with Crippen molar-refractivity contribution >= 4 is 46.6 Å². The van der Waals surface area contributed by atoms with Crippen LogP contribution in [0.3, 0.4) is 0 Å². The van der Waals surface area contributed by atoms with Gasteiger partial charge in [-0.2, -0.15) is 0 Å². The Kier molecular flexibility index (Phi) is 9.63. The molecule has 178 valence electrons. The predicted octanol–water partition coefficient (Wildman–Crippen LogP) is 5.80. The average molecular weight is 520 g/mol. The second-order valence-electron chi connectivity index (χ2n) is 7.57. The Hall–Kier alpha value is -2.73. The van der Waals surface area contributed by atoms with Crippen LogP contribution in [0.5, 0.6) is 5.75 Å². The highest BCUT2D eigenvalue weighted by Gasteiger charge is 2.31. The Labute approximate surface area is 214 Å². The minimum Gasteiger partial charge on any atom is -0.484 e. The molecule has 0 aliphatic heterocycles. The van der Waals surface area contributed by atoms with Crippen LogP contribution in [-0.2, 0) is 22.6 Å². The fourth-order valence-electron chi connectivity index (χ4n) is 3.48. The van der Waals surface area contributed by atoms with Gasteiger partial charge in [0.05, 0.1) is 0 Å². The van der Waals surface area contributed by atoms with Gasteiger partial charge in [-0.1, -0.05) is 77.3 Å². The highest BCUT2D eigenvalue weighted by atomic mass is 35.5. The van der Waals surface area contributed by atoms with E-state index in [1.165, 1.54) is 4.90 Å². The molecule has 1 unspecified atom stereocenters. The normalized spacial score (nSPS) is 11.5. The molecule has 0 aliphatic carbocycles. The smallest absolute Gasteiger partial charge is 0.261 e. The maximum absolute atomic E-state index is 13.5. The van der Waals surface area contributed by atoms with E-state index in [-0.39, 0.29) is 25.0 Å². The number of nitrogens with zero attached hydrogens (tertiary/aromatic N) is 1. The quantitative estimate of drug-likeness (QED) is 0.368. The van der Waals surface area contributed by atoms with Crippen LogP contribution in [0.1, 0.15) is 18.1 Å². The van der Waals surface area contributed by atoms with Gasteiger partial charge in [0.15, 0.2) is 6.61 Å². The molecule has 0 aromatic heterocycles. The van der Waals surface area contributed by atoms with Gasteiger partial charge in [-0.3, -0.25) is 9.59 Å². The van der Waals surface area contributed by atoms with Crippen LogP contribution in [0.4, 0.5) is 0 Å². The first kappa shape index (κ1) is 25.9. The monoisotopic (exact) mass is 518 g/mol. The summed E-state index contributed by atoms with van der Waals surface area (Å²) < 4.78 is 5.69. The average Bonchev–Trinajstić information content (AvgIpc) is 2.82. The number of likely N-dealkylation sites (N-methyl/N-ethyl adjacent to an activating group) is 1. The number of amides is 2. The Morgan fingerprint density at radius 2 is 1.62 bits per heavy atom. The van der Waals surface area contributed by atoms with Crippen molar-refractivity contribution in [3.63, 3.8) is 0 Å². The van der Waals surface area contributed by atoms with Crippen LogP contribution < -0.4 is 10.1 Å². The molecule has 0 saturated carbocycles. The Morgan fingerprint density at radius 1 is 0.941 bits per heavy atom. The number of nitrogens with one attached hydrogen (secondary N) is 1. The molecule has 2 amide bonds. The lowest BCUT2D eigenvalue weighted by molar-refractivity contribution is -0.142. The number of hydrogen-bond acceptors (Lipinski definition) is 3. The van der Waals surface area contributed by atoms with E-state index in [0.717, 1.165) is 5.56 Å². The van der Waals surface area contributed by atoms with Crippen LogP contribution in [-0.4, -0.2) is 35.9 Å². The predicted molar refractivity (Wildman–Crippen MR) is 137 cm³/mol. The Bertz CT molecular complexity index is 1110. The third-order valence-electron chi connectivity index (χ3n) is 5.17. The zero-order valence-electron chi connectivity index (χ0n) is 18.6. The van der Waals surface area contributed by atoms with Crippen molar-refractivity contribution in [2.24, 2.45) is 0 Å². The number of benzene rings is 3. The highest BCUT2D eigenvalue weighted by molar-refractivity contribution is 6.36. The fourth-order valence-corrected chi connectivity index (χ4v) is 4.18. The van der Waals surface area contributed by atoms with Gasteiger partial charge in [0, 0.05) is 40.1 Å². The molecule has 8 heteroatoms. The van der Waals surface area contributed by atoms with Crippen LogP contribution in [0, 0.1) is 0 Å². The summed E-state index contributed by atoms with van der Waals surface area (Å²) in [7, 11) is 0. The van der Waals surface area contributed by atoms with Gasteiger partial charge in [-0.15, -0.1) is 0 Å². The van der Waals surface area contributed by atoms with E-state index in [1.807, 2.05) is 37.3 Å². The molecule has 3 aromatic rings. The van der Waals surface area contributed by atoms with Gasteiger partial charge in [0.1, 0.15) is 11.8 Å². The molecule has 0 saturated heterocycles. The zero-order valence-corrected chi connectivity index (χ0v) is 20.9. The van der Waals surface area contributed by atoms with Crippen LogP contribution in [0.2, 0.25) is 15.1 Å². The molecule has 34 heavy (non-hydrogen) atoms. The van der Waals surface area contributed by atoms with E-state index in [0.29, 0.717) is 39.3 Å². The Balaban J connectivity index is 1.94. The second-order valence-corrected chi connectivity index (χ2v) is 8.82. The fraction of sp³-hybridized carbons (Fsp3) is 0.231. The van der Waals surface area contributed by atoms with Crippen LogP contribution in [0.25, 0.3) is 0 Å². The van der Waals surface area contributed by atoms with Crippen molar-refractivity contribution in [2.45, 2.75) is 25.9 Å². The van der Waals surface area contributed by atoms with E-state index < -0.39 is 6.04 Å². The molecule has 1 atom stereocenters. The topological polar surface area (TPSA) is 58.6 Å². The van der Waals surface area contributed by atoms with Crippen molar-refractivity contribution in [3.8, 4) is 5.75 Å². The number of halogens is 3. The van der Waals surface area contributed by atoms with Crippen molar-refractivity contribution in [1.29, 1.82) is 0 Å². The number of rotatable bonds is 10. The standard InChI is InChI=1S/C26H25Cl3N2O3/c1-2-30-26(33)24(14-18-8-4-3-5-9-18)31(16-21-22(28)12-7-13-23(21)29)25(32)17-34-20-11-6-10-19(27)15-20/h3-13,15,24H,2,14,16-17H2,1H3,(H,30,33). The summed E-state index contributed by atoms with van der Waals surface area (Å²) in [5.41, 5.74) is 1.47. The number of carbonyl (C=O) groups excluding carboxylic acids is 2. The van der Waals surface area contributed by atoms with Gasteiger partial charge in [-0.25, -0.2) is 0 Å². The number of carbonyl (C=O) groups is 2. The summed E-state index contributed by atoms with van der Waals surface area (Å²) in [5.74, 6) is -0.206. The first-order valence-corrected chi connectivity index (χ1v) is 11.9. The number of hydrogen-bond donors (Lipinski definition) is 1. The van der Waals surface area contributed by atoms with Gasteiger partial charge < -0.3 is 15.0 Å². The molecular formula is C26H25Cl3N2O3. The number of ether oxygens (including phenoxy) is 1. The molecule has 0 fully saturated rings. The molecule has 5 nitrogen and oxygen atoms in total. The largest absolute Gasteiger partial charge is 0.484 e. The second kappa shape index (κ2) is 12.7. The summed E-state index contributed by atoms with van der Waals surface area (Å²) in [6, 6.07) is 20.6. The maximum atomic E-state index is 13.5. The summed E-state index contributed by atoms with van der Waals surface area (Å²) in [4.78, 5) is 28.1. The lowest BCUT2D eigenvalue weighted by Crippen LogP contribution is -2.51. The molecule has 1 N–H and O–H groups in total. The van der Waals surface area contributed by atoms with Gasteiger partial charge in [-0.05, 0) is 42.8 Å². The highest BCUT2D eigenvalue weighted by Crippen LogP contribution is 2.27. The summed E-state index contributed by atoms with van der Waals surface area (Å²) in [6.07, 6.45) is 0.317. The molecule has 0 aliphatic rings. The first-order valence-electron chi connectivity index (χ1n) is 10.8. The SMILES string of the molecule is CCNC(=O)C(Cc1ccccc1)N(Cc1c(Cl)cccc1Cl)C(=O)COc1cccc(Cl)c1. The minimum absolute atomic E-state index is 0.0465. The maximum Gasteiger partial charge on any atom is 0.261 e. The third kappa shape index (κ3) is 7.13. The van der Waals surface area contributed by atoms with E-state index >= 15 is 0 Å². The zero-order chi connectivity index (χ0) is 24.5. The van der Waals surface area contributed by atoms with Crippen LogP contribution in [0.15, 0.2) is 72.8 Å². The van der Waals surface area contributed by atoms with Crippen molar-refractivity contribution in [3.05, 3.63) is 99.0 Å². The van der Waals surface area contributed by atoms with Gasteiger partial charge in [0.25, 0.3) is 5.91 Å². The molecule has 0 heterocycles. The van der Waals surface area contributed by atoms with Crippen LogP contribution >= 0.6 is 34.8 Å². The van der Waals surface area contributed by atoms with E-state index in [9.17, 15) is 9.59 Å². The Morgan fingerprint density at radius 3 is 2.26 bits per heavy atom. The summed E-state index contributed by atoms with van der Waals surface area (Å²) in [6.45, 7) is 2.02. The van der Waals surface area contributed by atoms with E-state index in [2.05, 4.69) is 5.32 Å². The summed E-state index contributed by atoms with van der Waals surface area (Å²) >= 11 is 18.8. The van der Waals surface area contributed by atoms with E-state index in [1.54, 1.807) is 42.5 Å². The van der Waals surface area contributed by atoms with Gasteiger partial charge >= 0.3 is 0 Å². The van der Waals surface area contributed by atoms with E-state index in [4.69, 9.17) is 39.5 Å². The first-order chi connectivity index (χ1) is 16.4. The lowest BCUT2D eigenvalue weighted by atomic mass is 10.0. The molecule has 3 rings (SSSR count). The summed E-state index contributed by atoms with van der Waals surface area (Å²) in [5, 5.41) is 4.16. The molecule has 0 spiro atoms. The van der Waals surface area contributed by atoms with Crippen molar-refractivity contribution in [2.75, 3.05) is 13.2 Å². The third-order valence-corrected chi connectivity index (χ3v) is 6.11. The van der Waals surface area contributed by atoms with Crippen molar-refractivity contribution in [1.82, 2.24) is 10.2 Å². The molecule has 0 radical (unpaired) electrons. The van der Waals surface area contributed by atoms with Gasteiger partial charge in [0.2, 0.25) is 5.91 Å². The minimum atomic E-state index is -0.801. The molecule has 0 bridgehead atoms. The molecule has 3 aromatic carbocycles. The molecular weight excluding hydrogens is 495 g/mol. The van der Waals surface area contributed by atoms with Crippen molar-refractivity contribution < 1.29 is 14.3 Å².